The van der Waals surface area contributed by atoms with E-state index in [0.717, 1.165) is 47.3 Å². The largest absolute Gasteiger partial charge is 0.382 e. The van der Waals surface area contributed by atoms with Crippen molar-refractivity contribution in [3.05, 3.63) is 83.9 Å². The van der Waals surface area contributed by atoms with Crippen molar-refractivity contribution in [3.8, 4) is 23.1 Å². The molecule has 6 rings (SSSR count). The SMILES string of the molecule is CC#CC(=O)N1C2CC[C@@H](C2)C1c1nc(-c2ccc(C(C)(O)c3ccccc3)cc2)c2c(N)nccn12. The Hall–Kier alpha value is -4.15. The number of nitrogens with two attached hydrogens (primary N) is 1. The van der Waals surface area contributed by atoms with Crippen LogP contribution in [-0.2, 0) is 10.4 Å². The van der Waals surface area contributed by atoms with Crippen molar-refractivity contribution in [2.75, 3.05) is 5.73 Å². The van der Waals surface area contributed by atoms with Crippen LogP contribution in [0.3, 0.4) is 0 Å². The summed E-state index contributed by atoms with van der Waals surface area (Å²) in [5, 5.41) is 11.3. The Labute approximate surface area is 216 Å². The molecule has 3 N–H and O–H groups in total. The van der Waals surface area contributed by atoms with Crippen LogP contribution < -0.4 is 5.73 Å². The Balaban J connectivity index is 1.44. The molecular weight excluding hydrogens is 462 g/mol. The van der Waals surface area contributed by atoms with Gasteiger partial charge in [0.15, 0.2) is 0 Å². The summed E-state index contributed by atoms with van der Waals surface area (Å²) in [6, 6.07) is 17.4. The van der Waals surface area contributed by atoms with Crippen molar-refractivity contribution in [3.63, 3.8) is 0 Å². The topological polar surface area (TPSA) is 96.8 Å². The molecule has 2 fully saturated rings. The second-order valence-corrected chi connectivity index (χ2v) is 10.1. The van der Waals surface area contributed by atoms with Gasteiger partial charge < -0.3 is 15.7 Å². The molecule has 0 spiro atoms. The predicted octanol–water partition coefficient (Wildman–Crippen LogP) is 4.31. The molecule has 0 radical (unpaired) electrons. The van der Waals surface area contributed by atoms with Crippen LogP contribution in [0.5, 0.6) is 0 Å². The van der Waals surface area contributed by atoms with Crippen molar-refractivity contribution >= 4 is 17.2 Å². The maximum atomic E-state index is 13.0. The van der Waals surface area contributed by atoms with Gasteiger partial charge in [0.05, 0.1) is 6.04 Å². The minimum absolute atomic E-state index is 0.146. The first-order valence-electron chi connectivity index (χ1n) is 12.7. The first-order valence-corrected chi connectivity index (χ1v) is 12.7. The van der Waals surface area contributed by atoms with E-state index >= 15 is 0 Å². The highest BCUT2D eigenvalue weighted by molar-refractivity contribution is 5.94. The number of hydrogen-bond acceptors (Lipinski definition) is 5. The van der Waals surface area contributed by atoms with Gasteiger partial charge in [0.2, 0.25) is 0 Å². The number of nitrogen functional groups attached to an aromatic ring is 1. The van der Waals surface area contributed by atoms with Gasteiger partial charge >= 0.3 is 0 Å². The van der Waals surface area contributed by atoms with Crippen molar-refractivity contribution in [2.45, 2.75) is 50.8 Å². The maximum Gasteiger partial charge on any atom is 0.299 e. The average Bonchev–Trinajstić information content (AvgIpc) is 3.63. The highest BCUT2D eigenvalue weighted by Crippen LogP contribution is 2.50. The van der Waals surface area contributed by atoms with Crippen LogP contribution >= 0.6 is 0 Å². The summed E-state index contributed by atoms with van der Waals surface area (Å²) in [6.45, 7) is 3.48. The monoisotopic (exact) mass is 491 g/mol. The number of benzene rings is 2. The second kappa shape index (κ2) is 8.75. The van der Waals surface area contributed by atoms with Crippen LogP contribution in [0, 0.1) is 17.8 Å². The molecule has 4 atom stereocenters. The smallest absolute Gasteiger partial charge is 0.299 e. The van der Waals surface area contributed by atoms with E-state index in [4.69, 9.17) is 10.7 Å². The van der Waals surface area contributed by atoms with Crippen molar-refractivity contribution in [1.82, 2.24) is 19.3 Å². The molecule has 2 aromatic carbocycles. The molecule has 3 unspecified atom stereocenters. The molecule has 186 valence electrons. The highest BCUT2D eigenvalue weighted by atomic mass is 16.3. The van der Waals surface area contributed by atoms with E-state index in [9.17, 15) is 9.90 Å². The molecular formula is C30H29N5O2. The number of carbonyl (C=O) groups is 1. The first kappa shape index (κ1) is 23.3. The zero-order valence-electron chi connectivity index (χ0n) is 20.9. The Morgan fingerprint density at radius 1 is 1.11 bits per heavy atom. The lowest BCUT2D eigenvalue weighted by molar-refractivity contribution is -0.129. The van der Waals surface area contributed by atoms with E-state index in [0.29, 0.717) is 17.4 Å². The zero-order valence-corrected chi connectivity index (χ0v) is 20.9. The molecule has 1 amide bonds. The molecule has 7 nitrogen and oxygen atoms in total. The molecule has 1 aliphatic carbocycles. The third-order valence-electron chi connectivity index (χ3n) is 7.98. The summed E-state index contributed by atoms with van der Waals surface area (Å²) in [6.07, 6.45) is 6.57. The van der Waals surface area contributed by atoms with Gasteiger partial charge in [-0.25, -0.2) is 9.97 Å². The molecule has 4 aromatic rings. The normalized spacial score (nSPS) is 22.0. The number of fused-ring (bicyclic) bond motifs is 3. The summed E-state index contributed by atoms with van der Waals surface area (Å²) in [7, 11) is 0. The molecule has 37 heavy (non-hydrogen) atoms. The van der Waals surface area contributed by atoms with E-state index < -0.39 is 5.60 Å². The van der Waals surface area contributed by atoms with Gasteiger partial charge in [0.1, 0.15) is 28.5 Å². The minimum atomic E-state index is -1.13. The third kappa shape index (κ3) is 3.68. The van der Waals surface area contributed by atoms with Gasteiger partial charge in [0.25, 0.3) is 5.91 Å². The molecule has 1 aliphatic heterocycles. The summed E-state index contributed by atoms with van der Waals surface area (Å²) in [5.74, 6) is 6.87. The standard InChI is InChI=1S/C30H29N5O2/c1-3-7-24(36)35-23-15-12-20(18-23)26(35)29-33-25(27-28(31)32-16-17-34(27)29)19-10-13-22(14-11-19)30(2,37)21-8-5-4-6-9-21/h4-6,8-11,13-14,16-17,20,23,26,37H,12,15,18H2,1-2H3,(H2,31,32)/t20-,23?,26?,30?/m0/s1. The number of amides is 1. The average molecular weight is 492 g/mol. The molecule has 2 aliphatic rings. The number of imidazole rings is 1. The van der Waals surface area contributed by atoms with E-state index in [1.807, 2.05) is 70.1 Å². The number of aliphatic hydroxyl groups is 1. The van der Waals surface area contributed by atoms with E-state index in [2.05, 4.69) is 16.8 Å². The Bertz CT molecular complexity index is 1550. The number of nitrogens with zero attached hydrogens (tertiary/aromatic N) is 4. The third-order valence-corrected chi connectivity index (χ3v) is 7.98. The van der Waals surface area contributed by atoms with Crippen LogP contribution in [-0.4, -0.2) is 36.3 Å². The van der Waals surface area contributed by atoms with Crippen LogP contribution in [0.15, 0.2) is 67.0 Å². The van der Waals surface area contributed by atoms with Gasteiger partial charge in [0, 0.05) is 24.0 Å². The number of rotatable bonds is 4. The zero-order chi connectivity index (χ0) is 25.7. The van der Waals surface area contributed by atoms with E-state index in [1.54, 1.807) is 20.0 Å². The van der Waals surface area contributed by atoms with Gasteiger partial charge in [-0.1, -0.05) is 60.5 Å². The molecule has 3 heterocycles. The number of aromatic nitrogens is 3. The predicted molar refractivity (Wildman–Crippen MR) is 142 cm³/mol. The van der Waals surface area contributed by atoms with Crippen LogP contribution in [0.1, 0.15) is 56.1 Å². The van der Waals surface area contributed by atoms with Gasteiger partial charge in [-0.2, -0.15) is 0 Å². The van der Waals surface area contributed by atoms with Crippen molar-refractivity contribution < 1.29 is 9.90 Å². The lowest BCUT2D eigenvalue weighted by atomic mass is 9.87. The first-order chi connectivity index (χ1) is 17.9. The summed E-state index contributed by atoms with van der Waals surface area (Å²) in [4.78, 5) is 24.4. The molecule has 2 bridgehead atoms. The number of hydrogen-bond donors (Lipinski definition) is 2. The molecule has 2 aromatic heterocycles. The summed E-state index contributed by atoms with van der Waals surface area (Å²) >= 11 is 0. The van der Waals surface area contributed by atoms with Crippen LogP contribution in [0.4, 0.5) is 5.82 Å². The lowest BCUT2D eigenvalue weighted by Gasteiger charge is -2.33. The number of carbonyl (C=O) groups excluding carboxylic acids is 1. The van der Waals surface area contributed by atoms with Crippen molar-refractivity contribution in [1.29, 1.82) is 0 Å². The summed E-state index contributed by atoms with van der Waals surface area (Å²) in [5.41, 5.74) is 9.15. The number of piperidine rings is 1. The van der Waals surface area contributed by atoms with Gasteiger partial charge in [-0.3, -0.25) is 9.20 Å². The maximum absolute atomic E-state index is 13.0. The minimum Gasteiger partial charge on any atom is -0.382 e. The highest BCUT2D eigenvalue weighted by Gasteiger charge is 2.50. The quantitative estimate of drug-likeness (QED) is 0.415. The number of anilines is 1. The fourth-order valence-corrected chi connectivity index (χ4v) is 6.16. The molecule has 1 saturated carbocycles. The summed E-state index contributed by atoms with van der Waals surface area (Å²) < 4.78 is 1.98. The number of likely N-dealkylation sites (tertiary alicyclic amines) is 1. The lowest BCUT2D eigenvalue weighted by Crippen LogP contribution is -2.40. The van der Waals surface area contributed by atoms with Crippen molar-refractivity contribution in [2.24, 2.45) is 5.92 Å². The second-order valence-electron chi connectivity index (χ2n) is 10.1. The Morgan fingerprint density at radius 2 is 1.84 bits per heavy atom. The Morgan fingerprint density at radius 3 is 2.57 bits per heavy atom. The fraction of sp³-hybridized carbons (Fsp3) is 0.300. The van der Waals surface area contributed by atoms with Crippen LogP contribution in [0.2, 0.25) is 0 Å². The van der Waals surface area contributed by atoms with E-state index in [1.165, 1.54) is 0 Å². The molecule has 1 saturated heterocycles. The van der Waals surface area contributed by atoms with E-state index in [-0.39, 0.29) is 18.0 Å². The fourth-order valence-electron chi connectivity index (χ4n) is 6.16. The Kier molecular flexibility index (Phi) is 5.50. The van der Waals surface area contributed by atoms with Crippen LogP contribution in [0.25, 0.3) is 16.8 Å². The molecule has 7 heteroatoms. The van der Waals surface area contributed by atoms with Gasteiger partial charge in [-0.15, -0.1) is 0 Å². The van der Waals surface area contributed by atoms with Gasteiger partial charge in [-0.05, 0) is 56.1 Å².